The zero-order chi connectivity index (χ0) is 9.10. The number of nitrogens with zero attached hydrogens (tertiary/aromatic N) is 2. The first-order valence-electron chi connectivity index (χ1n) is 4.14. The lowest BCUT2D eigenvalue weighted by molar-refractivity contribution is 0.125. The van der Waals surface area contributed by atoms with Crippen LogP contribution >= 0.6 is 0 Å². The predicted octanol–water partition coefficient (Wildman–Crippen LogP) is -0.352. The van der Waals surface area contributed by atoms with Gasteiger partial charge in [0.15, 0.2) is 0 Å². The van der Waals surface area contributed by atoms with Gasteiger partial charge in [0.2, 0.25) is 0 Å². The molecule has 70 valence electrons. The van der Waals surface area contributed by atoms with Crippen molar-refractivity contribution in [1.82, 2.24) is 9.97 Å². The Morgan fingerprint density at radius 2 is 2.38 bits per heavy atom. The number of anilines is 1. The molecule has 0 amide bonds. The maximum atomic E-state index is 9.41. The summed E-state index contributed by atoms with van der Waals surface area (Å²) < 4.78 is 5.08. The van der Waals surface area contributed by atoms with E-state index in [2.05, 4.69) is 15.3 Å². The van der Waals surface area contributed by atoms with Crippen molar-refractivity contribution < 1.29 is 9.84 Å². The normalized spacial score (nSPS) is 27.5. The highest BCUT2D eigenvalue weighted by molar-refractivity contribution is 5.32. The lowest BCUT2D eigenvalue weighted by atomic mass is 10.2. The van der Waals surface area contributed by atoms with Gasteiger partial charge in [-0.2, -0.15) is 0 Å². The number of rotatable bonds is 2. The molecular formula is C8H11N3O2. The highest BCUT2D eigenvalue weighted by Gasteiger charge is 2.25. The molecule has 13 heavy (non-hydrogen) atoms. The van der Waals surface area contributed by atoms with Crippen LogP contribution in [0.1, 0.15) is 0 Å². The summed E-state index contributed by atoms with van der Waals surface area (Å²) >= 11 is 0. The zero-order valence-corrected chi connectivity index (χ0v) is 7.05. The SMILES string of the molecule is O[C@@H]1COC[C@H]1Nc1cnccn1. The summed E-state index contributed by atoms with van der Waals surface area (Å²) in [5.41, 5.74) is 0. The molecule has 5 heteroatoms. The van der Waals surface area contributed by atoms with Crippen molar-refractivity contribution in [3.63, 3.8) is 0 Å². The third kappa shape index (κ3) is 1.93. The van der Waals surface area contributed by atoms with Gasteiger partial charge in [-0.15, -0.1) is 0 Å². The number of ether oxygens (including phenoxy) is 1. The average molecular weight is 181 g/mol. The van der Waals surface area contributed by atoms with Crippen molar-refractivity contribution in [2.24, 2.45) is 0 Å². The maximum Gasteiger partial charge on any atom is 0.144 e. The molecule has 0 unspecified atom stereocenters. The first-order valence-corrected chi connectivity index (χ1v) is 4.14. The molecule has 0 aromatic carbocycles. The molecule has 1 aliphatic heterocycles. The second kappa shape index (κ2) is 3.68. The number of hydrogen-bond donors (Lipinski definition) is 2. The summed E-state index contributed by atoms with van der Waals surface area (Å²) in [5.74, 6) is 0.664. The van der Waals surface area contributed by atoms with Crippen molar-refractivity contribution >= 4 is 5.82 Å². The van der Waals surface area contributed by atoms with E-state index in [1.54, 1.807) is 18.6 Å². The minimum Gasteiger partial charge on any atom is -0.388 e. The lowest BCUT2D eigenvalue weighted by Crippen LogP contribution is -2.32. The molecule has 1 aliphatic rings. The molecule has 2 N–H and O–H groups in total. The Morgan fingerprint density at radius 3 is 3.00 bits per heavy atom. The van der Waals surface area contributed by atoms with Crippen LogP contribution in [0.2, 0.25) is 0 Å². The van der Waals surface area contributed by atoms with E-state index in [1.165, 1.54) is 0 Å². The topological polar surface area (TPSA) is 67.3 Å². The Kier molecular flexibility index (Phi) is 2.37. The third-order valence-corrected chi connectivity index (χ3v) is 1.95. The molecule has 1 aromatic rings. The van der Waals surface area contributed by atoms with Crippen LogP contribution in [0.4, 0.5) is 5.82 Å². The standard InChI is InChI=1S/C8H11N3O2/c12-7-5-13-4-6(7)11-8-3-9-1-2-10-8/h1-3,6-7,12H,4-5H2,(H,10,11)/t6-,7-/m1/s1. The summed E-state index contributed by atoms with van der Waals surface area (Å²) in [5, 5.41) is 12.5. The molecule has 1 fully saturated rings. The van der Waals surface area contributed by atoms with E-state index in [-0.39, 0.29) is 6.04 Å². The van der Waals surface area contributed by atoms with Crippen molar-refractivity contribution in [1.29, 1.82) is 0 Å². The number of aliphatic hydroxyl groups is 1. The van der Waals surface area contributed by atoms with Crippen LogP contribution in [0.3, 0.4) is 0 Å². The van der Waals surface area contributed by atoms with Gasteiger partial charge in [0.1, 0.15) is 5.82 Å². The van der Waals surface area contributed by atoms with Gasteiger partial charge in [0.25, 0.3) is 0 Å². The Morgan fingerprint density at radius 1 is 1.46 bits per heavy atom. The lowest BCUT2D eigenvalue weighted by Gasteiger charge is -2.14. The molecule has 1 saturated heterocycles. The van der Waals surface area contributed by atoms with E-state index in [1.807, 2.05) is 0 Å². The van der Waals surface area contributed by atoms with Gasteiger partial charge in [-0.3, -0.25) is 4.98 Å². The van der Waals surface area contributed by atoms with Crippen LogP contribution in [0.5, 0.6) is 0 Å². The second-order valence-corrected chi connectivity index (χ2v) is 2.95. The van der Waals surface area contributed by atoms with Crippen LogP contribution in [0.15, 0.2) is 18.6 Å². The van der Waals surface area contributed by atoms with E-state index in [4.69, 9.17) is 4.74 Å². The predicted molar refractivity (Wildman–Crippen MR) is 46.3 cm³/mol. The third-order valence-electron chi connectivity index (χ3n) is 1.95. The summed E-state index contributed by atoms with van der Waals surface area (Å²) in [6.45, 7) is 0.898. The molecule has 1 aromatic heterocycles. The number of aromatic nitrogens is 2. The summed E-state index contributed by atoms with van der Waals surface area (Å²) in [6.07, 6.45) is 4.37. The van der Waals surface area contributed by atoms with E-state index in [9.17, 15) is 5.11 Å². The van der Waals surface area contributed by atoms with Gasteiger partial charge >= 0.3 is 0 Å². The number of aliphatic hydroxyl groups excluding tert-OH is 1. The van der Waals surface area contributed by atoms with E-state index in [0.29, 0.717) is 19.0 Å². The fourth-order valence-electron chi connectivity index (χ4n) is 1.24. The van der Waals surface area contributed by atoms with Crippen LogP contribution in [0, 0.1) is 0 Å². The maximum absolute atomic E-state index is 9.41. The second-order valence-electron chi connectivity index (χ2n) is 2.95. The summed E-state index contributed by atoms with van der Waals surface area (Å²) in [6, 6.07) is -0.0725. The highest BCUT2D eigenvalue weighted by atomic mass is 16.5. The zero-order valence-electron chi connectivity index (χ0n) is 7.05. The van der Waals surface area contributed by atoms with Gasteiger partial charge in [-0.25, -0.2) is 4.98 Å². The van der Waals surface area contributed by atoms with Crippen molar-refractivity contribution in [2.75, 3.05) is 18.5 Å². The highest BCUT2D eigenvalue weighted by Crippen LogP contribution is 2.10. The molecule has 0 aliphatic carbocycles. The van der Waals surface area contributed by atoms with Crippen molar-refractivity contribution in [3.05, 3.63) is 18.6 Å². The van der Waals surface area contributed by atoms with Crippen LogP contribution in [0.25, 0.3) is 0 Å². The first-order chi connectivity index (χ1) is 6.36. The molecular weight excluding hydrogens is 170 g/mol. The van der Waals surface area contributed by atoms with Crippen LogP contribution in [-0.4, -0.2) is 40.4 Å². The fourth-order valence-corrected chi connectivity index (χ4v) is 1.24. The number of hydrogen-bond acceptors (Lipinski definition) is 5. The van der Waals surface area contributed by atoms with Gasteiger partial charge in [-0.1, -0.05) is 0 Å². The summed E-state index contributed by atoms with van der Waals surface area (Å²) in [4.78, 5) is 7.94. The molecule has 5 nitrogen and oxygen atoms in total. The first kappa shape index (κ1) is 8.40. The molecule has 2 heterocycles. The van der Waals surface area contributed by atoms with E-state index in [0.717, 1.165) is 0 Å². The molecule has 2 atom stereocenters. The Labute approximate surface area is 75.8 Å². The van der Waals surface area contributed by atoms with Crippen LogP contribution < -0.4 is 5.32 Å². The number of nitrogens with one attached hydrogen (secondary N) is 1. The minimum atomic E-state index is -0.456. The van der Waals surface area contributed by atoms with Crippen LogP contribution in [-0.2, 0) is 4.74 Å². The molecule has 2 rings (SSSR count). The largest absolute Gasteiger partial charge is 0.388 e. The summed E-state index contributed by atoms with van der Waals surface area (Å²) in [7, 11) is 0. The van der Waals surface area contributed by atoms with Gasteiger partial charge in [0, 0.05) is 12.4 Å². The van der Waals surface area contributed by atoms with Gasteiger partial charge in [0.05, 0.1) is 31.6 Å². The monoisotopic (exact) mass is 181 g/mol. The Balaban J connectivity index is 1.98. The molecule has 0 radical (unpaired) electrons. The molecule has 0 saturated carbocycles. The quantitative estimate of drug-likeness (QED) is 0.652. The Bertz CT molecular complexity index is 267. The smallest absolute Gasteiger partial charge is 0.144 e. The van der Waals surface area contributed by atoms with E-state index < -0.39 is 6.10 Å². The van der Waals surface area contributed by atoms with Crippen molar-refractivity contribution in [2.45, 2.75) is 12.1 Å². The average Bonchev–Trinajstić information content (AvgIpc) is 2.54. The minimum absolute atomic E-state index is 0.0725. The van der Waals surface area contributed by atoms with Gasteiger partial charge in [-0.05, 0) is 0 Å². The molecule has 0 bridgehead atoms. The van der Waals surface area contributed by atoms with E-state index >= 15 is 0 Å². The fraction of sp³-hybridized carbons (Fsp3) is 0.500. The van der Waals surface area contributed by atoms with Gasteiger partial charge < -0.3 is 15.2 Å². The Hall–Kier alpha value is -1.20. The molecule has 0 spiro atoms. The van der Waals surface area contributed by atoms with Crippen molar-refractivity contribution in [3.8, 4) is 0 Å².